The first kappa shape index (κ1) is 16.9. The fourth-order valence-electron chi connectivity index (χ4n) is 1.92. The Labute approximate surface area is 133 Å². The first-order valence-corrected chi connectivity index (χ1v) is 7.06. The van der Waals surface area contributed by atoms with Crippen molar-refractivity contribution in [2.24, 2.45) is 0 Å². The number of nitrogens with one attached hydrogen (secondary N) is 2. The molecule has 0 aliphatic carbocycles. The van der Waals surface area contributed by atoms with Crippen LogP contribution < -0.4 is 10.6 Å². The molecular formula is C15H19FN4O3. The number of nitrogens with zero attached hydrogens (tertiary/aromatic N) is 2. The minimum Gasteiger partial charge on any atom is -0.392 e. The minimum absolute atomic E-state index is 0.173. The molecule has 0 saturated heterocycles. The summed E-state index contributed by atoms with van der Waals surface area (Å²) in [6.07, 6.45) is 3.22. The summed E-state index contributed by atoms with van der Waals surface area (Å²) in [6, 6.07) is 4.01. The lowest BCUT2D eigenvalue weighted by molar-refractivity contribution is 0.183. The van der Waals surface area contributed by atoms with Crippen molar-refractivity contribution in [3.05, 3.63) is 47.5 Å². The van der Waals surface area contributed by atoms with Crippen molar-refractivity contribution in [2.75, 3.05) is 19.0 Å². The number of urea groups is 1. The smallest absolute Gasteiger partial charge is 0.319 e. The molecule has 7 nitrogen and oxygen atoms in total. The summed E-state index contributed by atoms with van der Waals surface area (Å²) in [5.41, 5.74) is 1.38. The summed E-state index contributed by atoms with van der Waals surface area (Å²) in [7, 11) is 1.60. The van der Waals surface area contributed by atoms with Crippen molar-refractivity contribution in [3.8, 4) is 0 Å². The molecule has 2 rings (SSSR count). The Kier molecular flexibility index (Phi) is 6.07. The summed E-state index contributed by atoms with van der Waals surface area (Å²) < 4.78 is 20.1. The highest BCUT2D eigenvalue weighted by atomic mass is 19.1. The van der Waals surface area contributed by atoms with E-state index in [9.17, 15) is 9.18 Å². The number of halogens is 1. The maximum Gasteiger partial charge on any atom is 0.319 e. The molecule has 0 saturated carbocycles. The second kappa shape index (κ2) is 8.25. The zero-order chi connectivity index (χ0) is 16.7. The van der Waals surface area contributed by atoms with Crippen LogP contribution in [-0.2, 0) is 24.4 Å². The number of carbonyl (C=O) groups is 1. The van der Waals surface area contributed by atoms with E-state index in [2.05, 4.69) is 15.7 Å². The van der Waals surface area contributed by atoms with Gasteiger partial charge in [0.25, 0.3) is 0 Å². The molecule has 0 radical (unpaired) electrons. The maximum atomic E-state index is 13.5. The van der Waals surface area contributed by atoms with Crippen molar-refractivity contribution in [3.63, 3.8) is 0 Å². The van der Waals surface area contributed by atoms with Gasteiger partial charge in [-0.25, -0.2) is 9.18 Å². The third-order valence-electron chi connectivity index (χ3n) is 3.16. The van der Waals surface area contributed by atoms with E-state index < -0.39 is 11.8 Å². The number of aliphatic hydroxyl groups is 1. The molecule has 0 unspecified atom stereocenters. The van der Waals surface area contributed by atoms with E-state index in [1.165, 1.54) is 18.3 Å². The van der Waals surface area contributed by atoms with Gasteiger partial charge in [-0.05, 0) is 11.6 Å². The second-order valence-corrected chi connectivity index (χ2v) is 4.88. The lowest BCUT2D eigenvalue weighted by Crippen LogP contribution is -2.28. The Hall–Kier alpha value is -2.45. The van der Waals surface area contributed by atoms with Crippen LogP contribution in [0.5, 0.6) is 0 Å². The quantitative estimate of drug-likeness (QED) is 0.720. The number of carbonyl (C=O) groups excluding carboxylic acids is 1. The van der Waals surface area contributed by atoms with Crippen LogP contribution in [0.1, 0.15) is 11.1 Å². The summed E-state index contributed by atoms with van der Waals surface area (Å²) >= 11 is 0. The summed E-state index contributed by atoms with van der Waals surface area (Å²) in [5.74, 6) is -0.494. The van der Waals surface area contributed by atoms with Crippen LogP contribution in [0.25, 0.3) is 0 Å². The van der Waals surface area contributed by atoms with Crippen LogP contribution in [0.4, 0.5) is 14.9 Å². The van der Waals surface area contributed by atoms with E-state index in [0.29, 0.717) is 24.4 Å². The Balaban J connectivity index is 1.83. The van der Waals surface area contributed by atoms with E-state index >= 15 is 0 Å². The fraction of sp³-hybridized carbons (Fsp3) is 0.333. The lowest BCUT2D eigenvalue weighted by atomic mass is 10.1. The topological polar surface area (TPSA) is 88.4 Å². The largest absolute Gasteiger partial charge is 0.392 e. The number of aliphatic hydroxyl groups excluding tert-OH is 1. The van der Waals surface area contributed by atoms with Crippen LogP contribution in [0, 0.1) is 5.82 Å². The van der Waals surface area contributed by atoms with E-state index in [-0.39, 0.29) is 18.7 Å². The highest BCUT2D eigenvalue weighted by molar-refractivity contribution is 5.88. The molecule has 1 heterocycles. The van der Waals surface area contributed by atoms with Gasteiger partial charge in [-0.1, -0.05) is 12.1 Å². The average Bonchev–Trinajstić information content (AvgIpc) is 2.98. The fourth-order valence-corrected chi connectivity index (χ4v) is 1.92. The second-order valence-electron chi connectivity index (χ2n) is 4.88. The number of anilines is 1. The summed E-state index contributed by atoms with van der Waals surface area (Å²) in [4.78, 5) is 11.8. The van der Waals surface area contributed by atoms with Gasteiger partial charge < -0.3 is 20.5 Å². The van der Waals surface area contributed by atoms with Gasteiger partial charge in [0, 0.05) is 25.4 Å². The highest BCUT2D eigenvalue weighted by Gasteiger charge is 2.06. The van der Waals surface area contributed by atoms with E-state index in [1.807, 2.05) is 0 Å². The SMILES string of the molecule is COCCn1cc(NC(=O)NCc2ccc(CO)c(F)c2)cn1. The average molecular weight is 322 g/mol. The van der Waals surface area contributed by atoms with Gasteiger partial charge in [-0.2, -0.15) is 5.10 Å². The summed E-state index contributed by atoms with van der Waals surface area (Å²) in [5, 5.41) is 18.3. The van der Waals surface area contributed by atoms with E-state index in [0.717, 1.165) is 0 Å². The normalized spacial score (nSPS) is 10.6. The number of aromatic nitrogens is 2. The van der Waals surface area contributed by atoms with Crippen LogP contribution in [0.15, 0.2) is 30.6 Å². The molecular weight excluding hydrogens is 303 g/mol. The highest BCUT2D eigenvalue weighted by Crippen LogP contribution is 2.10. The van der Waals surface area contributed by atoms with Gasteiger partial charge in [0.15, 0.2) is 0 Å². The zero-order valence-electron chi connectivity index (χ0n) is 12.8. The number of methoxy groups -OCH3 is 1. The molecule has 1 aromatic heterocycles. The number of hydrogen-bond donors (Lipinski definition) is 3. The molecule has 124 valence electrons. The van der Waals surface area contributed by atoms with Crippen LogP contribution in [0.2, 0.25) is 0 Å². The van der Waals surface area contributed by atoms with Crippen LogP contribution >= 0.6 is 0 Å². The monoisotopic (exact) mass is 322 g/mol. The van der Waals surface area contributed by atoms with Crippen LogP contribution in [0.3, 0.4) is 0 Å². The molecule has 2 aromatic rings. The molecule has 2 amide bonds. The molecule has 0 aliphatic heterocycles. The number of amides is 2. The molecule has 23 heavy (non-hydrogen) atoms. The van der Waals surface area contributed by atoms with Gasteiger partial charge in [0.2, 0.25) is 0 Å². The molecule has 0 aliphatic rings. The summed E-state index contributed by atoms with van der Waals surface area (Å²) in [6.45, 7) is 0.943. The van der Waals surface area contributed by atoms with Crippen LogP contribution in [-0.4, -0.2) is 34.6 Å². The zero-order valence-corrected chi connectivity index (χ0v) is 12.8. The first-order chi connectivity index (χ1) is 11.1. The maximum absolute atomic E-state index is 13.5. The number of rotatable bonds is 7. The van der Waals surface area contributed by atoms with Crippen molar-refractivity contribution in [1.82, 2.24) is 15.1 Å². The third-order valence-corrected chi connectivity index (χ3v) is 3.16. The van der Waals surface area contributed by atoms with Gasteiger partial charge >= 0.3 is 6.03 Å². The van der Waals surface area contributed by atoms with Crippen molar-refractivity contribution >= 4 is 11.7 Å². The van der Waals surface area contributed by atoms with Gasteiger partial charge in [-0.3, -0.25) is 4.68 Å². The van der Waals surface area contributed by atoms with Gasteiger partial charge in [0.1, 0.15) is 5.82 Å². The lowest BCUT2D eigenvalue weighted by Gasteiger charge is -2.07. The van der Waals surface area contributed by atoms with Crippen molar-refractivity contribution in [1.29, 1.82) is 0 Å². The molecule has 0 atom stereocenters. The number of benzene rings is 1. The Bertz CT molecular complexity index is 660. The van der Waals surface area contributed by atoms with Crippen molar-refractivity contribution in [2.45, 2.75) is 19.7 Å². The molecule has 3 N–H and O–H groups in total. The standard InChI is InChI=1S/C15H19FN4O3/c1-23-5-4-20-9-13(8-18-20)19-15(22)17-7-11-2-3-12(10-21)14(16)6-11/h2-3,6,8-9,21H,4-5,7,10H2,1H3,(H2,17,19,22). The number of hydrogen-bond acceptors (Lipinski definition) is 4. The molecule has 1 aromatic carbocycles. The molecule has 8 heteroatoms. The minimum atomic E-state index is -0.494. The predicted octanol–water partition coefficient (Wildman–Crippen LogP) is 1.48. The van der Waals surface area contributed by atoms with Crippen molar-refractivity contribution < 1.29 is 19.0 Å². The Morgan fingerprint density at radius 2 is 2.30 bits per heavy atom. The molecule has 0 bridgehead atoms. The predicted molar refractivity (Wildman–Crippen MR) is 82.3 cm³/mol. The van der Waals surface area contributed by atoms with Gasteiger partial charge in [0.05, 0.1) is 31.6 Å². The first-order valence-electron chi connectivity index (χ1n) is 7.06. The Morgan fingerprint density at radius 1 is 1.48 bits per heavy atom. The van der Waals surface area contributed by atoms with Gasteiger partial charge in [-0.15, -0.1) is 0 Å². The number of ether oxygens (including phenoxy) is 1. The van der Waals surface area contributed by atoms with E-state index in [1.54, 1.807) is 24.1 Å². The molecule has 0 fully saturated rings. The molecule has 0 spiro atoms. The third kappa shape index (κ3) is 5.04. The van der Waals surface area contributed by atoms with E-state index in [4.69, 9.17) is 9.84 Å². The Morgan fingerprint density at radius 3 is 3.00 bits per heavy atom.